The molecule has 0 aromatic heterocycles. The Labute approximate surface area is 144 Å². The molecular formula is C18H17ClFNO3. The molecule has 1 amide bonds. The minimum Gasteiger partial charge on any atom is -0.489 e. The van der Waals surface area contributed by atoms with Crippen molar-refractivity contribution in [3.63, 3.8) is 0 Å². The molecule has 0 saturated heterocycles. The van der Waals surface area contributed by atoms with Crippen molar-refractivity contribution in [1.82, 2.24) is 0 Å². The van der Waals surface area contributed by atoms with Gasteiger partial charge in [-0.15, -0.1) is 0 Å². The Morgan fingerprint density at radius 2 is 1.96 bits per heavy atom. The predicted molar refractivity (Wildman–Crippen MR) is 92.9 cm³/mol. The number of methoxy groups -OCH3 is 1. The Balaban J connectivity index is 2.04. The lowest BCUT2D eigenvalue weighted by atomic mass is 10.2. The van der Waals surface area contributed by atoms with Crippen molar-refractivity contribution >= 4 is 29.3 Å². The summed E-state index contributed by atoms with van der Waals surface area (Å²) in [6.45, 7) is 0.687. The smallest absolute Gasteiger partial charge is 0.248 e. The predicted octanol–water partition coefficient (Wildman–Crippen LogP) is 4.16. The summed E-state index contributed by atoms with van der Waals surface area (Å²) in [4.78, 5) is 12.0. The first kappa shape index (κ1) is 18.0. The van der Waals surface area contributed by atoms with Gasteiger partial charge in [-0.3, -0.25) is 4.79 Å². The van der Waals surface area contributed by atoms with E-state index in [2.05, 4.69) is 5.32 Å². The SMILES string of the molecule is COCCOc1ccc(F)cc1NC(=O)/C=C/c1ccc(Cl)cc1. The van der Waals surface area contributed by atoms with Gasteiger partial charge in [0.25, 0.3) is 0 Å². The number of amides is 1. The summed E-state index contributed by atoms with van der Waals surface area (Å²) in [5, 5.41) is 3.22. The average Bonchev–Trinajstić information content (AvgIpc) is 2.56. The summed E-state index contributed by atoms with van der Waals surface area (Å²) in [6.07, 6.45) is 2.99. The number of carbonyl (C=O) groups is 1. The van der Waals surface area contributed by atoms with Gasteiger partial charge >= 0.3 is 0 Å². The van der Waals surface area contributed by atoms with Gasteiger partial charge in [0.15, 0.2) is 0 Å². The fourth-order valence-corrected chi connectivity index (χ4v) is 2.01. The van der Waals surface area contributed by atoms with Crippen molar-refractivity contribution in [2.45, 2.75) is 0 Å². The van der Waals surface area contributed by atoms with Crippen LogP contribution in [0.25, 0.3) is 6.08 Å². The highest BCUT2D eigenvalue weighted by atomic mass is 35.5. The number of hydrogen-bond acceptors (Lipinski definition) is 3. The van der Waals surface area contributed by atoms with E-state index in [1.807, 2.05) is 0 Å². The fourth-order valence-electron chi connectivity index (χ4n) is 1.88. The summed E-state index contributed by atoms with van der Waals surface area (Å²) in [5.41, 5.74) is 1.09. The second kappa shape index (κ2) is 9.05. The molecule has 126 valence electrons. The van der Waals surface area contributed by atoms with E-state index in [1.165, 1.54) is 24.3 Å². The maximum absolute atomic E-state index is 13.4. The maximum atomic E-state index is 13.4. The third kappa shape index (κ3) is 5.68. The number of benzene rings is 2. The molecule has 0 spiro atoms. The van der Waals surface area contributed by atoms with Crippen molar-refractivity contribution in [1.29, 1.82) is 0 Å². The van der Waals surface area contributed by atoms with Crippen LogP contribution in [-0.2, 0) is 9.53 Å². The zero-order chi connectivity index (χ0) is 17.4. The molecule has 4 nitrogen and oxygen atoms in total. The van der Waals surface area contributed by atoms with Gasteiger partial charge in [0, 0.05) is 24.3 Å². The molecule has 0 unspecified atom stereocenters. The molecule has 24 heavy (non-hydrogen) atoms. The Hall–Kier alpha value is -2.37. The second-order valence-corrected chi connectivity index (χ2v) is 5.29. The summed E-state index contributed by atoms with van der Waals surface area (Å²) >= 11 is 5.80. The Morgan fingerprint density at radius 1 is 1.21 bits per heavy atom. The van der Waals surface area contributed by atoms with Crippen LogP contribution in [0.4, 0.5) is 10.1 Å². The molecule has 0 fully saturated rings. The summed E-state index contributed by atoms with van der Waals surface area (Å²) < 4.78 is 23.8. The molecule has 0 bridgehead atoms. The first-order chi connectivity index (χ1) is 11.6. The van der Waals surface area contributed by atoms with Crippen LogP contribution in [0.5, 0.6) is 5.75 Å². The molecule has 0 heterocycles. The van der Waals surface area contributed by atoms with Crippen LogP contribution < -0.4 is 10.1 Å². The molecule has 2 aromatic rings. The fraction of sp³-hybridized carbons (Fsp3) is 0.167. The average molecular weight is 350 g/mol. The summed E-state index contributed by atoms with van der Waals surface area (Å²) in [6, 6.07) is 11.0. The molecule has 0 saturated carbocycles. The van der Waals surface area contributed by atoms with Crippen molar-refractivity contribution in [2.75, 3.05) is 25.6 Å². The van der Waals surface area contributed by atoms with Gasteiger partial charge in [-0.2, -0.15) is 0 Å². The standard InChI is InChI=1S/C18H17ClFNO3/c1-23-10-11-24-17-8-7-15(20)12-16(17)21-18(22)9-4-13-2-5-14(19)6-3-13/h2-9,12H,10-11H2,1H3,(H,21,22)/b9-4+. The lowest BCUT2D eigenvalue weighted by Gasteiger charge is -2.11. The first-order valence-electron chi connectivity index (χ1n) is 7.24. The van der Waals surface area contributed by atoms with E-state index in [0.717, 1.165) is 5.56 Å². The van der Waals surface area contributed by atoms with E-state index in [9.17, 15) is 9.18 Å². The van der Waals surface area contributed by atoms with E-state index >= 15 is 0 Å². The van der Waals surface area contributed by atoms with Gasteiger partial charge in [-0.25, -0.2) is 4.39 Å². The third-order valence-corrected chi connectivity index (χ3v) is 3.29. The molecule has 1 N–H and O–H groups in total. The van der Waals surface area contributed by atoms with Crippen LogP contribution in [0.15, 0.2) is 48.5 Å². The molecule has 0 radical (unpaired) electrons. The normalized spacial score (nSPS) is 10.8. The van der Waals surface area contributed by atoms with Crippen molar-refractivity contribution in [3.05, 3.63) is 64.9 Å². The molecule has 2 aromatic carbocycles. The van der Waals surface area contributed by atoms with E-state index < -0.39 is 11.7 Å². The number of rotatable bonds is 7. The van der Waals surface area contributed by atoms with Gasteiger partial charge in [-0.1, -0.05) is 23.7 Å². The highest BCUT2D eigenvalue weighted by Gasteiger charge is 2.08. The van der Waals surface area contributed by atoms with Crippen LogP contribution >= 0.6 is 11.6 Å². The second-order valence-electron chi connectivity index (χ2n) is 4.86. The van der Waals surface area contributed by atoms with E-state index in [4.69, 9.17) is 21.1 Å². The highest BCUT2D eigenvalue weighted by molar-refractivity contribution is 6.30. The summed E-state index contributed by atoms with van der Waals surface area (Å²) in [5.74, 6) is -0.486. The monoisotopic (exact) mass is 349 g/mol. The zero-order valence-corrected chi connectivity index (χ0v) is 13.8. The van der Waals surface area contributed by atoms with Gasteiger partial charge in [0.2, 0.25) is 5.91 Å². The van der Waals surface area contributed by atoms with Gasteiger partial charge < -0.3 is 14.8 Å². The quantitative estimate of drug-likeness (QED) is 0.603. The van der Waals surface area contributed by atoms with E-state index in [-0.39, 0.29) is 5.69 Å². The zero-order valence-electron chi connectivity index (χ0n) is 13.1. The Morgan fingerprint density at radius 3 is 2.67 bits per heavy atom. The van der Waals surface area contributed by atoms with Crippen molar-refractivity contribution in [2.24, 2.45) is 0 Å². The van der Waals surface area contributed by atoms with E-state index in [0.29, 0.717) is 24.0 Å². The number of carbonyl (C=O) groups excluding carboxylic acids is 1. The molecule has 6 heteroatoms. The highest BCUT2D eigenvalue weighted by Crippen LogP contribution is 2.25. The number of halogens is 2. The molecular weight excluding hydrogens is 333 g/mol. The van der Waals surface area contributed by atoms with Crippen LogP contribution in [-0.4, -0.2) is 26.2 Å². The number of nitrogens with one attached hydrogen (secondary N) is 1. The van der Waals surface area contributed by atoms with Crippen LogP contribution in [0.1, 0.15) is 5.56 Å². The number of anilines is 1. The maximum Gasteiger partial charge on any atom is 0.248 e. The molecule has 2 rings (SSSR count). The largest absolute Gasteiger partial charge is 0.489 e. The minimum atomic E-state index is -0.467. The Bertz CT molecular complexity index is 717. The van der Waals surface area contributed by atoms with Crippen LogP contribution in [0, 0.1) is 5.82 Å². The Kier molecular flexibility index (Phi) is 6.78. The van der Waals surface area contributed by atoms with Crippen molar-refractivity contribution in [3.8, 4) is 5.75 Å². The lowest BCUT2D eigenvalue weighted by molar-refractivity contribution is -0.111. The number of hydrogen-bond donors (Lipinski definition) is 1. The topological polar surface area (TPSA) is 47.6 Å². The van der Waals surface area contributed by atoms with Gasteiger partial charge in [0.05, 0.1) is 12.3 Å². The molecule has 0 atom stereocenters. The van der Waals surface area contributed by atoms with Gasteiger partial charge in [-0.05, 0) is 35.9 Å². The summed E-state index contributed by atoms with van der Waals surface area (Å²) in [7, 11) is 1.55. The lowest BCUT2D eigenvalue weighted by Crippen LogP contribution is -2.11. The minimum absolute atomic E-state index is 0.261. The first-order valence-corrected chi connectivity index (χ1v) is 7.62. The molecule has 0 aliphatic rings. The van der Waals surface area contributed by atoms with Crippen molar-refractivity contribution < 1.29 is 18.7 Å². The molecule has 0 aliphatic heterocycles. The van der Waals surface area contributed by atoms with Crippen LogP contribution in [0.2, 0.25) is 5.02 Å². The molecule has 0 aliphatic carbocycles. The van der Waals surface area contributed by atoms with E-state index in [1.54, 1.807) is 37.5 Å². The third-order valence-electron chi connectivity index (χ3n) is 3.04. The van der Waals surface area contributed by atoms with Crippen LogP contribution in [0.3, 0.4) is 0 Å². The number of ether oxygens (including phenoxy) is 2. The van der Waals surface area contributed by atoms with Gasteiger partial charge in [0.1, 0.15) is 18.2 Å².